The second-order valence-electron chi connectivity index (χ2n) is 7.69. The first-order chi connectivity index (χ1) is 15.6. The summed E-state index contributed by atoms with van der Waals surface area (Å²) in [6.45, 7) is 1.30. The predicted octanol–water partition coefficient (Wildman–Crippen LogP) is 3.66. The van der Waals surface area contributed by atoms with Gasteiger partial charge in [-0.1, -0.05) is 23.7 Å². The van der Waals surface area contributed by atoms with Crippen molar-refractivity contribution in [3.05, 3.63) is 53.2 Å². The highest BCUT2D eigenvalue weighted by Gasteiger charge is 2.17. The molecule has 9 nitrogen and oxygen atoms in total. The molecular weight excluding hydrogens is 430 g/mol. The molecule has 4 aromatic rings. The molecule has 0 bridgehead atoms. The van der Waals surface area contributed by atoms with Gasteiger partial charge in [-0.3, -0.25) is 9.89 Å². The number of aryl methyl sites for hydroxylation is 1. The lowest BCUT2D eigenvalue weighted by molar-refractivity contribution is 0.0858. The zero-order chi connectivity index (χ0) is 22.1. The molecule has 1 amide bonds. The van der Waals surface area contributed by atoms with Gasteiger partial charge in [-0.15, -0.1) is 5.10 Å². The summed E-state index contributed by atoms with van der Waals surface area (Å²) in [5, 5.41) is 18.9. The SMILES string of the molecule is Cn1nc(-c2ccc(C(=O)NCC3CCCO3)cc2)nc1Nc1ccc2[nH]ncc2c1Cl. The van der Waals surface area contributed by atoms with Crippen LogP contribution in [0, 0.1) is 0 Å². The van der Waals surface area contributed by atoms with Crippen LogP contribution >= 0.6 is 11.6 Å². The highest BCUT2D eigenvalue weighted by molar-refractivity contribution is 6.38. The summed E-state index contributed by atoms with van der Waals surface area (Å²) in [5.74, 6) is 0.970. The van der Waals surface area contributed by atoms with Gasteiger partial charge in [0.1, 0.15) is 0 Å². The van der Waals surface area contributed by atoms with Crippen molar-refractivity contribution in [1.82, 2.24) is 30.3 Å². The van der Waals surface area contributed by atoms with E-state index in [1.54, 1.807) is 30.1 Å². The van der Waals surface area contributed by atoms with Gasteiger partial charge in [-0.05, 0) is 37.1 Å². The monoisotopic (exact) mass is 451 g/mol. The van der Waals surface area contributed by atoms with Crippen molar-refractivity contribution in [2.75, 3.05) is 18.5 Å². The number of H-pyrrole nitrogens is 1. The minimum Gasteiger partial charge on any atom is -0.376 e. The first kappa shape index (κ1) is 20.5. The van der Waals surface area contributed by atoms with E-state index in [0.29, 0.717) is 34.6 Å². The number of benzene rings is 2. The maximum absolute atomic E-state index is 12.4. The van der Waals surface area contributed by atoms with Gasteiger partial charge in [0.15, 0.2) is 5.82 Å². The second-order valence-corrected chi connectivity index (χ2v) is 8.07. The van der Waals surface area contributed by atoms with Crippen molar-refractivity contribution in [3.8, 4) is 11.4 Å². The van der Waals surface area contributed by atoms with Crippen molar-refractivity contribution in [2.45, 2.75) is 18.9 Å². The topological polar surface area (TPSA) is 110 Å². The molecule has 0 saturated carbocycles. The van der Waals surface area contributed by atoms with E-state index < -0.39 is 0 Å². The number of nitrogens with one attached hydrogen (secondary N) is 3. The van der Waals surface area contributed by atoms with Crippen LogP contribution in [0.4, 0.5) is 11.6 Å². The number of ether oxygens (including phenoxy) is 1. The number of halogens is 1. The summed E-state index contributed by atoms with van der Waals surface area (Å²) < 4.78 is 7.19. The van der Waals surface area contributed by atoms with Gasteiger partial charge in [0.2, 0.25) is 5.95 Å². The summed E-state index contributed by atoms with van der Waals surface area (Å²) in [6.07, 6.45) is 3.84. The molecule has 1 unspecified atom stereocenters. The van der Waals surface area contributed by atoms with E-state index in [1.165, 1.54) is 0 Å². The fraction of sp³-hybridized carbons (Fsp3) is 0.273. The Morgan fingerprint density at radius 1 is 1.28 bits per heavy atom. The third kappa shape index (κ3) is 4.04. The lowest BCUT2D eigenvalue weighted by atomic mass is 10.1. The van der Waals surface area contributed by atoms with Gasteiger partial charge >= 0.3 is 0 Å². The van der Waals surface area contributed by atoms with Crippen LogP contribution in [0.3, 0.4) is 0 Å². The molecule has 3 heterocycles. The Kier molecular flexibility index (Phi) is 5.50. The summed E-state index contributed by atoms with van der Waals surface area (Å²) in [5.41, 5.74) is 2.96. The van der Waals surface area contributed by atoms with Crippen LogP contribution in [0.15, 0.2) is 42.6 Å². The maximum Gasteiger partial charge on any atom is 0.251 e. The van der Waals surface area contributed by atoms with Crippen molar-refractivity contribution < 1.29 is 9.53 Å². The van der Waals surface area contributed by atoms with Gasteiger partial charge in [0.05, 0.1) is 28.5 Å². The average molecular weight is 452 g/mol. The number of hydrogen-bond acceptors (Lipinski definition) is 6. The van der Waals surface area contributed by atoms with Crippen LogP contribution in [0.2, 0.25) is 5.02 Å². The zero-order valence-electron chi connectivity index (χ0n) is 17.4. The smallest absolute Gasteiger partial charge is 0.251 e. The highest BCUT2D eigenvalue weighted by atomic mass is 35.5. The molecule has 2 aromatic carbocycles. The minimum atomic E-state index is -0.118. The number of rotatable bonds is 6. The number of amides is 1. The molecule has 3 N–H and O–H groups in total. The largest absolute Gasteiger partial charge is 0.376 e. The molecule has 0 aliphatic carbocycles. The van der Waals surface area contributed by atoms with Crippen molar-refractivity contribution in [3.63, 3.8) is 0 Å². The standard InChI is InChI=1S/C22H22ClN7O2/c1-30-22(26-18-9-8-17-16(19(18)23)12-25-28-17)27-20(29-30)13-4-6-14(7-5-13)21(31)24-11-15-3-2-10-32-15/h4-9,12,15H,2-3,10-11H2,1H3,(H,24,31)(H,25,28)(H,26,27,29). The van der Waals surface area contributed by atoms with Gasteiger partial charge in [0, 0.05) is 36.7 Å². The first-order valence-corrected chi connectivity index (χ1v) is 10.8. The van der Waals surface area contributed by atoms with Crippen LogP contribution in [-0.4, -0.2) is 50.1 Å². The number of hydrogen-bond donors (Lipinski definition) is 3. The highest BCUT2D eigenvalue weighted by Crippen LogP contribution is 2.32. The molecule has 5 rings (SSSR count). The Hall–Kier alpha value is -3.43. The van der Waals surface area contributed by atoms with Crippen LogP contribution in [-0.2, 0) is 11.8 Å². The number of aromatic amines is 1. The minimum absolute atomic E-state index is 0.115. The Balaban J connectivity index is 1.29. The quantitative estimate of drug-likeness (QED) is 0.412. The Bertz CT molecular complexity index is 1260. The van der Waals surface area contributed by atoms with E-state index in [0.717, 1.165) is 35.9 Å². The van der Waals surface area contributed by atoms with Crippen molar-refractivity contribution in [1.29, 1.82) is 0 Å². The number of nitrogens with zero attached hydrogens (tertiary/aromatic N) is 4. The summed E-state index contributed by atoms with van der Waals surface area (Å²) in [6, 6.07) is 11.0. The number of fused-ring (bicyclic) bond motifs is 1. The second kappa shape index (κ2) is 8.60. The van der Waals surface area contributed by atoms with E-state index in [-0.39, 0.29) is 12.0 Å². The van der Waals surface area contributed by atoms with E-state index >= 15 is 0 Å². The molecule has 0 radical (unpaired) electrons. The van der Waals surface area contributed by atoms with Crippen LogP contribution in [0.5, 0.6) is 0 Å². The first-order valence-electron chi connectivity index (χ1n) is 10.4. The number of anilines is 2. The molecule has 1 saturated heterocycles. The third-order valence-electron chi connectivity index (χ3n) is 5.49. The van der Waals surface area contributed by atoms with E-state index in [4.69, 9.17) is 16.3 Å². The van der Waals surface area contributed by atoms with Gasteiger partial charge in [0.25, 0.3) is 5.91 Å². The number of carbonyl (C=O) groups is 1. The molecule has 10 heteroatoms. The Morgan fingerprint density at radius 3 is 2.91 bits per heavy atom. The molecule has 1 atom stereocenters. The molecule has 1 aliphatic heterocycles. The lowest BCUT2D eigenvalue weighted by Crippen LogP contribution is -2.31. The van der Waals surface area contributed by atoms with E-state index in [1.807, 2.05) is 24.3 Å². The lowest BCUT2D eigenvalue weighted by Gasteiger charge is -2.10. The number of carbonyl (C=O) groups excluding carboxylic acids is 1. The molecule has 2 aromatic heterocycles. The third-order valence-corrected chi connectivity index (χ3v) is 5.89. The van der Waals surface area contributed by atoms with Crippen LogP contribution in [0.1, 0.15) is 23.2 Å². The van der Waals surface area contributed by atoms with Gasteiger partial charge in [-0.2, -0.15) is 10.1 Å². The average Bonchev–Trinajstić information content (AvgIpc) is 3.56. The molecule has 32 heavy (non-hydrogen) atoms. The van der Waals surface area contributed by atoms with Crippen molar-refractivity contribution >= 4 is 40.0 Å². The fourth-order valence-corrected chi connectivity index (χ4v) is 3.96. The maximum atomic E-state index is 12.4. The molecule has 1 fully saturated rings. The Morgan fingerprint density at radius 2 is 2.12 bits per heavy atom. The van der Waals surface area contributed by atoms with E-state index in [9.17, 15) is 4.79 Å². The predicted molar refractivity (Wildman–Crippen MR) is 122 cm³/mol. The summed E-state index contributed by atoms with van der Waals surface area (Å²) in [4.78, 5) is 17.0. The van der Waals surface area contributed by atoms with Crippen molar-refractivity contribution in [2.24, 2.45) is 7.05 Å². The fourth-order valence-electron chi connectivity index (χ4n) is 3.70. The normalized spacial score (nSPS) is 15.9. The molecule has 0 spiro atoms. The van der Waals surface area contributed by atoms with E-state index in [2.05, 4.69) is 30.9 Å². The van der Waals surface area contributed by atoms with Crippen LogP contribution < -0.4 is 10.6 Å². The molecule has 164 valence electrons. The molecular formula is C22H22ClN7O2. The summed E-state index contributed by atoms with van der Waals surface area (Å²) >= 11 is 6.50. The van der Waals surface area contributed by atoms with Gasteiger partial charge < -0.3 is 15.4 Å². The van der Waals surface area contributed by atoms with Gasteiger partial charge in [-0.25, -0.2) is 4.68 Å². The Labute approximate surface area is 189 Å². The van der Waals surface area contributed by atoms with Crippen LogP contribution in [0.25, 0.3) is 22.3 Å². The zero-order valence-corrected chi connectivity index (χ0v) is 18.2. The number of aromatic nitrogens is 5. The summed E-state index contributed by atoms with van der Waals surface area (Å²) in [7, 11) is 1.80. The molecule has 1 aliphatic rings.